The minimum Gasteiger partial charge on any atom is -0.326 e. The van der Waals surface area contributed by atoms with Gasteiger partial charge < -0.3 is 5.73 Å². The average molecular weight is 276 g/mol. The number of nitrogens with two attached hydrogens (primary N) is 1. The van der Waals surface area contributed by atoms with Crippen LogP contribution in [-0.2, 0) is 6.54 Å². The lowest BCUT2D eigenvalue weighted by atomic mass is 10.1. The second kappa shape index (κ2) is 5.83. The maximum absolute atomic E-state index is 13.6. The summed E-state index contributed by atoms with van der Waals surface area (Å²) in [7, 11) is 0. The second-order valence-corrected chi connectivity index (χ2v) is 4.91. The van der Waals surface area contributed by atoms with Crippen LogP contribution in [0.5, 0.6) is 0 Å². The van der Waals surface area contributed by atoms with Crippen LogP contribution in [0.4, 0.5) is 8.78 Å². The van der Waals surface area contributed by atoms with Crippen molar-refractivity contribution in [2.45, 2.75) is 16.3 Å². The summed E-state index contributed by atoms with van der Waals surface area (Å²) in [6.45, 7) is 0.338. The van der Waals surface area contributed by atoms with Gasteiger partial charge in [0.15, 0.2) is 0 Å². The summed E-state index contributed by atoms with van der Waals surface area (Å²) >= 11 is 1.09. The SMILES string of the molecule is N#Cc1cc(CN)ccc1Sc1ccc(F)cc1F. The molecule has 0 fully saturated rings. The summed E-state index contributed by atoms with van der Waals surface area (Å²) in [5, 5.41) is 9.07. The minimum atomic E-state index is -0.642. The molecule has 2 aromatic rings. The molecule has 2 nitrogen and oxygen atoms in total. The summed E-state index contributed by atoms with van der Waals surface area (Å²) in [6.07, 6.45) is 0. The van der Waals surface area contributed by atoms with E-state index in [0.29, 0.717) is 17.0 Å². The molecule has 0 amide bonds. The van der Waals surface area contributed by atoms with E-state index >= 15 is 0 Å². The van der Waals surface area contributed by atoms with Gasteiger partial charge in [0.1, 0.15) is 17.7 Å². The van der Waals surface area contributed by atoms with Crippen LogP contribution in [0.2, 0.25) is 0 Å². The van der Waals surface area contributed by atoms with Gasteiger partial charge in [0.25, 0.3) is 0 Å². The van der Waals surface area contributed by atoms with Crippen molar-refractivity contribution < 1.29 is 8.78 Å². The maximum Gasteiger partial charge on any atom is 0.140 e. The molecule has 0 saturated carbocycles. The highest BCUT2D eigenvalue weighted by Gasteiger charge is 2.09. The smallest absolute Gasteiger partial charge is 0.140 e. The van der Waals surface area contributed by atoms with Crippen molar-refractivity contribution in [3.8, 4) is 6.07 Å². The Balaban J connectivity index is 2.35. The number of nitrogens with zero attached hydrogens (tertiary/aromatic N) is 1. The summed E-state index contributed by atoms with van der Waals surface area (Å²) in [5.41, 5.74) is 6.76. The maximum atomic E-state index is 13.6. The van der Waals surface area contributed by atoms with Crippen LogP contribution >= 0.6 is 11.8 Å². The van der Waals surface area contributed by atoms with E-state index in [2.05, 4.69) is 0 Å². The van der Waals surface area contributed by atoms with Gasteiger partial charge in [-0.2, -0.15) is 5.26 Å². The van der Waals surface area contributed by atoms with Gasteiger partial charge in [-0.05, 0) is 29.8 Å². The van der Waals surface area contributed by atoms with Gasteiger partial charge in [0.2, 0.25) is 0 Å². The summed E-state index contributed by atoms with van der Waals surface area (Å²) < 4.78 is 26.4. The molecule has 0 aliphatic heterocycles. The van der Waals surface area contributed by atoms with Gasteiger partial charge in [0.05, 0.1) is 5.56 Å². The number of hydrogen-bond acceptors (Lipinski definition) is 3. The number of nitriles is 1. The van der Waals surface area contributed by atoms with Crippen LogP contribution in [0, 0.1) is 23.0 Å². The first-order valence-electron chi connectivity index (χ1n) is 5.50. The molecule has 2 aromatic carbocycles. The fourth-order valence-electron chi connectivity index (χ4n) is 1.56. The van der Waals surface area contributed by atoms with Crippen LogP contribution in [0.3, 0.4) is 0 Å². The van der Waals surface area contributed by atoms with E-state index in [-0.39, 0.29) is 4.90 Å². The lowest BCUT2D eigenvalue weighted by Crippen LogP contribution is -1.97. The zero-order valence-corrected chi connectivity index (χ0v) is 10.7. The Morgan fingerprint density at radius 2 is 1.84 bits per heavy atom. The highest BCUT2D eigenvalue weighted by atomic mass is 32.2. The predicted molar refractivity (Wildman–Crippen MR) is 69.5 cm³/mol. The average Bonchev–Trinajstić information content (AvgIpc) is 2.42. The second-order valence-electron chi connectivity index (χ2n) is 3.82. The van der Waals surface area contributed by atoms with Crippen molar-refractivity contribution in [2.24, 2.45) is 5.73 Å². The molecule has 96 valence electrons. The lowest BCUT2D eigenvalue weighted by molar-refractivity contribution is 0.565. The Hall–Kier alpha value is -1.90. The Morgan fingerprint density at radius 3 is 2.47 bits per heavy atom. The van der Waals surface area contributed by atoms with Crippen LogP contribution in [0.25, 0.3) is 0 Å². The molecular formula is C14H10F2N2S. The van der Waals surface area contributed by atoms with Gasteiger partial charge in [-0.25, -0.2) is 8.78 Å². The molecule has 0 atom stereocenters. The van der Waals surface area contributed by atoms with Gasteiger partial charge in [-0.15, -0.1) is 0 Å². The predicted octanol–water partition coefficient (Wildman–Crippen LogP) is 3.45. The Bertz CT molecular complexity index is 650. The van der Waals surface area contributed by atoms with E-state index in [4.69, 9.17) is 11.0 Å². The fraction of sp³-hybridized carbons (Fsp3) is 0.0714. The molecule has 5 heteroatoms. The van der Waals surface area contributed by atoms with E-state index in [1.54, 1.807) is 18.2 Å². The van der Waals surface area contributed by atoms with Crippen molar-refractivity contribution in [3.05, 3.63) is 59.2 Å². The first-order valence-corrected chi connectivity index (χ1v) is 6.31. The topological polar surface area (TPSA) is 49.8 Å². The van der Waals surface area contributed by atoms with Crippen molar-refractivity contribution in [1.29, 1.82) is 5.26 Å². The van der Waals surface area contributed by atoms with Crippen molar-refractivity contribution in [1.82, 2.24) is 0 Å². The Labute approximate surface area is 113 Å². The van der Waals surface area contributed by atoms with Crippen LogP contribution in [0.1, 0.15) is 11.1 Å². The minimum absolute atomic E-state index is 0.276. The third kappa shape index (κ3) is 3.11. The zero-order valence-electron chi connectivity index (χ0n) is 9.86. The number of rotatable bonds is 3. The quantitative estimate of drug-likeness (QED) is 0.934. The van der Waals surface area contributed by atoms with Gasteiger partial charge in [0, 0.05) is 22.4 Å². The summed E-state index contributed by atoms with van der Waals surface area (Å²) in [6, 6.07) is 10.6. The third-order valence-electron chi connectivity index (χ3n) is 2.51. The Kier molecular flexibility index (Phi) is 4.15. The molecular weight excluding hydrogens is 266 g/mol. The molecule has 2 rings (SSSR count). The van der Waals surface area contributed by atoms with Crippen molar-refractivity contribution >= 4 is 11.8 Å². The van der Waals surface area contributed by atoms with Crippen molar-refractivity contribution in [3.63, 3.8) is 0 Å². The molecule has 0 saturated heterocycles. The highest BCUT2D eigenvalue weighted by molar-refractivity contribution is 7.99. The van der Waals surface area contributed by atoms with Gasteiger partial charge in [-0.3, -0.25) is 0 Å². The monoisotopic (exact) mass is 276 g/mol. The normalized spacial score (nSPS) is 10.2. The fourth-order valence-corrected chi connectivity index (χ4v) is 2.44. The van der Waals surface area contributed by atoms with Gasteiger partial charge >= 0.3 is 0 Å². The molecule has 0 radical (unpaired) electrons. The molecule has 0 aliphatic rings. The van der Waals surface area contributed by atoms with E-state index < -0.39 is 11.6 Å². The molecule has 0 aliphatic carbocycles. The lowest BCUT2D eigenvalue weighted by Gasteiger charge is -2.06. The van der Waals surface area contributed by atoms with Crippen LogP contribution < -0.4 is 5.73 Å². The largest absolute Gasteiger partial charge is 0.326 e. The molecule has 0 heterocycles. The van der Waals surface area contributed by atoms with E-state index in [1.807, 2.05) is 6.07 Å². The molecule has 0 spiro atoms. The molecule has 0 aromatic heterocycles. The molecule has 0 bridgehead atoms. The zero-order chi connectivity index (χ0) is 13.8. The highest BCUT2D eigenvalue weighted by Crippen LogP contribution is 2.32. The number of hydrogen-bond donors (Lipinski definition) is 1. The van der Waals surface area contributed by atoms with E-state index in [9.17, 15) is 8.78 Å². The van der Waals surface area contributed by atoms with Crippen molar-refractivity contribution in [2.75, 3.05) is 0 Å². The first kappa shape index (κ1) is 13.5. The standard InChI is InChI=1S/C14H10F2N2S/c15-11-2-4-14(12(16)6-11)19-13-3-1-9(7-17)5-10(13)8-18/h1-6H,7,17H2. The van der Waals surface area contributed by atoms with Crippen LogP contribution in [-0.4, -0.2) is 0 Å². The van der Waals surface area contributed by atoms with E-state index in [0.717, 1.165) is 23.4 Å². The number of benzene rings is 2. The van der Waals surface area contributed by atoms with E-state index in [1.165, 1.54) is 12.1 Å². The van der Waals surface area contributed by atoms with Gasteiger partial charge in [-0.1, -0.05) is 17.8 Å². The summed E-state index contributed by atoms with van der Waals surface area (Å²) in [4.78, 5) is 0.892. The Morgan fingerprint density at radius 1 is 1.11 bits per heavy atom. The van der Waals surface area contributed by atoms with Crippen LogP contribution in [0.15, 0.2) is 46.2 Å². The first-order chi connectivity index (χ1) is 9.13. The molecule has 19 heavy (non-hydrogen) atoms. The number of halogens is 2. The molecule has 0 unspecified atom stereocenters. The summed E-state index contributed by atoms with van der Waals surface area (Å²) in [5.74, 6) is -1.27. The third-order valence-corrected chi connectivity index (χ3v) is 3.64. The molecule has 2 N–H and O–H groups in total.